The van der Waals surface area contributed by atoms with E-state index in [1.54, 1.807) is 0 Å². The first-order valence-electron chi connectivity index (χ1n) is 7.71. The summed E-state index contributed by atoms with van der Waals surface area (Å²) in [5, 5.41) is 0. The average molecular weight is 288 g/mol. The highest BCUT2D eigenvalue weighted by atomic mass is 16.6. The summed E-state index contributed by atoms with van der Waals surface area (Å²) in [6.07, 6.45) is 2.07. The van der Waals surface area contributed by atoms with Crippen molar-refractivity contribution in [2.24, 2.45) is 0 Å². The Morgan fingerprint density at radius 3 is 2.43 bits per heavy atom. The molecule has 0 radical (unpaired) electrons. The van der Waals surface area contributed by atoms with E-state index in [2.05, 4.69) is 12.1 Å². The van der Waals surface area contributed by atoms with Crippen LogP contribution in [0.2, 0.25) is 0 Å². The number of nitrogens with two attached hydrogens (primary N) is 1. The molecule has 1 aliphatic carbocycles. The van der Waals surface area contributed by atoms with Crippen LogP contribution in [0.4, 0.5) is 10.5 Å². The fraction of sp³-hybridized carbons (Fsp3) is 0.588. The van der Waals surface area contributed by atoms with Crippen LogP contribution in [0.3, 0.4) is 0 Å². The molecule has 21 heavy (non-hydrogen) atoms. The van der Waals surface area contributed by atoms with E-state index in [1.165, 1.54) is 11.1 Å². The normalized spacial score (nSPS) is 24.4. The molecule has 1 amide bonds. The number of carbonyl (C=O) groups is 1. The Balaban J connectivity index is 1.85. The number of anilines is 1. The van der Waals surface area contributed by atoms with Crippen LogP contribution in [0.1, 0.15) is 56.6 Å². The zero-order chi connectivity index (χ0) is 15.2. The van der Waals surface area contributed by atoms with Crippen molar-refractivity contribution in [2.75, 3.05) is 18.8 Å². The van der Waals surface area contributed by atoms with E-state index in [0.29, 0.717) is 11.8 Å². The minimum Gasteiger partial charge on any atom is -0.444 e. The lowest BCUT2D eigenvalue weighted by atomic mass is 9.78. The zero-order valence-electron chi connectivity index (χ0n) is 13.1. The van der Waals surface area contributed by atoms with Gasteiger partial charge in [0.1, 0.15) is 5.60 Å². The minimum absolute atomic E-state index is 0.194. The maximum absolute atomic E-state index is 12.4. The van der Waals surface area contributed by atoms with E-state index >= 15 is 0 Å². The molecule has 2 aliphatic heterocycles. The number of ether oxygens (including phenoxy) is 1. The number of rotatable bonds is 0. The number of fused-ring (bicyclic) bond motifs is 3. The molecule has 114 valence electrons. The molecule has 0 spiro atoms. The lowest BCUT2D eigenvalue weighted by Gasteiger charge is -2.27. The van der Waals surface area contributed by atoms with Crippen LogP contribution < -0.4 is 5.73 Å². The van der Waals surface area contributed by atoms with Gasteiger partial charge in [-0.05, 0) is 56.9 Å². The number of hydrogen-bond donors (Lipinski definition) is 1. The number of nitrogens with zero attached hydrogens (tertiary/aromatic N) is 1. The van der Waals surface area contributed by atoms with Gasteiger partial charge in [-0.3, -0.25) is 0 Å². The first-order chi connectivity index (χ1) is 9.83. The van der Waals surface area contributed by atoms with Crippen molar-refractivity contribution in [1.29, 1.82) is 0 Å². The van der Waals surface area contributed by atoms with E-state index in [4.69, 9.17) is 10.5 Å². The van der Waals surface area contributed by atoms with Gasteiger partial charge >= 0.3 is 6.09 Å². The molecule has 1 fully saturated rings. The maximum atomic E-state index is 12.4. The van der Waals surface area contributed by atoms with Gasteiger partial charge in [0.05, 0.1) is 0 Å². The van der Waals surface area contributed by atoms with Gasteiger partial charge in [-0.2, -0.15) is 0 Å². The smallest absolute Gasteiger partial charge is 0.410 e. The van der Waals surface area contributed by atoms with Gasteiger partial charge in [0, 0.05) is 30.6 Å². The zero-order valence-corrected chi connectivity index (χ0v) is 13.1. The van der Waals surface area contributed by atoms with Crippen LogP contribution in [0, 0.1) is 0 Å². The second-order valence-electron chi connectivity index (χ2n) is 7.24. The molecule has 2 bridgehead atoms. The molecule has 0 aromatic heterocycles. The van der Waals surface area contributed by atoms with Gasteiger partial charge in [0.2, 0.25) is 0 Å². The van der Waals surface area contributed by atoms with Crippen LogP contribution in [-0.2, 0) is 4.74 Å². The van der Waals surface area contributed by atoms with Crippen LogP contribution in [0.25, 0.3) is 0 Å². The van der Waals surface area contributed by atoms with Crippen molar-refractivity contribution < 1.29 is 9.53 Å². The summed E-state index contributed by atoms with van der Waals surface area (Å²) in [7, 11) is 0. The molecule has 1 aromatic rings. The molecule has 3 aliphatic rings. The summed E-state index contributed by atoms with van der Waals surface area (Å²) < 4.78 is 5.54. The van der Waals surface area contributed by atoms with Gasteiger partial charge in [0.25, 0.3) is 0 Å². The van der Waals surface area contributed by atoms with Crippen LogP contribution in [0.5, 0.6) is 0 Å². The summed E-state index contributed by atoms with van der Waals surface area (Å²) in [6, 6.07) is 6.20. The molecular weight excluding hydrogens is 264 g/mol. The van der Waals surface area contributed by atoms with Crippen molar-refractivity contribution in [2.45, 2.75) is 51.0 Å². The highest BCUT2D eigenvalue weighted by Crippen LogP contribution is 2.43. The first kappa shape index (κ1) is 14.2. The molecule has 2 unspecified atom stereocenters. The maximum Gasteiger partial charge on any atom is 0.410 e. The van der Waals surface area contributed by atoms with Crippen molar-refractivity contribution in [1.82, 2.24) is 4.90 Å². The topological polar surface area (TPSA) is 55.6 Å². The highest BCUT2D eigenvalue weighted by Gasteiger charge is 2.37. The summed E-state index contributed by atoms with van der Waals surface area (Å²) in [5.41, 5.74) is 9.00. The molecule has 2 atom stereocenters. The monoisotopic (exact) mass is 288 g/mol. The van der Waals surface area contributed by atoms with Crippen LogP contribution in [-0.4, -0.2) is 29.7 Å². The molecule has 4 nitrogen and oxygen atoms in total. The van der Waals surface area contributed by atoms with E-state index in [0.717, 1.165) is 31.6 Å². The third kappa shape index (κ3) is 2.85. The number of nitrogen functional groups attached to an aromatic ring is 1. The third-order valence-electron chi connectivity index (χ3n) is 4.39. The van der Waals surface area contributed by atoms with Crippen molar-refractivity contribution in [3.8, 4) is 0 Å². The molecule has 2 N–H and O–H groups in total. The lowest BCUT2D eigenvalue weighted by Crippen LogP contribution is -2.38. The van der Waals surface area contributed by atoms with Gasteiger partial charge < -0.3 is 15.4 Å². The van der Waals surface area contributed by atoms with Crippen molar-refractivity contribution in [3.05, 3.63) is 29.3 Å². The summed E-state index contributed by atoms with van der Waals surface area (Å²) >= 11 is 0. The number of benzene rings is 1. The predicted molar refractivity (Wildman–Crippen MR) is 83.4 cm³/mol. The number of amides is 1. The van der Waals surface area contributed by atoms with Gasteiger partial charge in [-0.25, -0.2) is 4.79 Å². The quantitative estimate of drug-likeness (QED) is 0.744. The Morgan fingerprint density at radius 2 is 1.81 bits per heavy atom. The van der Waals surface area contributed by atoms with E-state index in [9.17, 15) is 4.79 Å². The average Bonchev–Trinajstić information content (AvgIpc) is 2.67. The summed E-state index contributed by atoms with van der Waals surface area (Å²) in [6.45, 7) is 7.22. The third-order valence-corrected chi connectivity index (χ3v) is 4.39. The molecule has 2 heterocycles. The lowest BCUT2D eigenvalue weighted by molar-refractivity contribution is 0.0246. The van der Waals surface area contributed by atoms with Gasteiger partial charge in [-0.1, -0.05) is 6.07 Å². The van der Waals surface area contributed by atoms with Crippen molar-refractivity contribution in [3.63, 3.8) is 0 Å². The molecule has 1 aromatic carbocycles. The Morgan fingerprint density at radius 1 is 1.19 bits per heavy atom. The Bertz CT molecular complexity index is 562. The standard InChI is InChI=1S/C17H24N2O2/c1-17(2,3)21-16(20)19-9-11-4-5-12(10-19)15-8-13(18)6-7-14(11)15/h6-8,11-12H,4-5,9-10,18H2,1-3H3. The van der Waals surface area contributed by atoms with Crippen LogP contribution in [0.15, 0.2) is 18.2 Å². The Kier molecular flexibility index (Phi) is 3.34. The van der Waals surface area contributed by atoms with Crippen molar-refractivity contribution >= 4 is 11.8 Å². The first-order valence-corrected chi connectivity index (χ1v) is 7.71. The Hall–Kier alpha value is -1.71. The fourth-order valence-electron chi connectivity index (χ4n) is 3.49. The van der Waals surface area contributed by atoms with E-state index < -0.39 is 5.60 Å². The molecular formula is C17H24N2O2. The van der Waals surface area contributed by atoms with Crippen LogP contribution >= 0.6 is 0 Å². The predicted octanol–water partition coefficient (Wildman–Crippen LogP) is 3.48. The second-order valence-corrected chi connectivity index (χ2v) is 7.24. The van der Waals surface area contributed by atoms with E-state index in [1.807, 2.05) is 31.7 Å². The Labute approximate surface area is 126 Å². The summed E-state index contributed by atoms with van der Waals surface area (Å²) in [5.74, 6) is 0.793. The fourth-order valence-corrected chi connectivity index (χ4v) is 3.49. The number of hydrogen-bond acceptors (Lipinski definition) is 3. The second kappa shape index (κ2) is 4.93. The molecule has 1 saturated heterocycles. The SMILES string of the molecule is CC(C)(C)OC(=O)N1CC2CCC(C1)c1cc(N)ccc12. The minimum atomic E-state index is -0.445. The largest absolute Gasteiger partial charge is 0.444 e. The molecule has 4 heteroatoms. The highest BCUT2D eigenvalue weighted by molar-refractivity contribution is 5.69. The van der Waals surface area contributed by atoms with E-state index in [-0.39, 0.29) is 6.09 Å². The molecule has 0 saturated carbocycles. The van der Waals surface area contributed by atoms with Gasteiger partial charge in [0.15, 0.2) is 0 Å². The number of carbonyl (C=O) groups excluding carboxylic acids is 1. The molecule has 4 rings (SSSR count). The van der Waals surface area contributed by atoms with Gasteiger partial charge in [-0.15, -0.1) is 0 Å². The summed E-state index contributed by atoms with van der Waals surface area (Å²) in [4.78, 5) is 14.3.